The van der Waals surface area contributed by atoms with Crippen LogP contribution in [-0.2, 0) is 20.9 Å². The molecule has 9 heteroatoms. The zero-order chi connectivity index (χ0) is 24.7. The molecule has 5 rings (SSSR count). The van der Waals surface area contributed by atoms with Gasteiger partial charge in [-0.3, -0.25) is 14.5 Å². The number of likely N-dealkylation sites (tertiary alicyclic amines) is 2. The van der Waals surface area contributed by atoms with Gasteiger partial charge in [0.25, 0.3) is 0 Å². The van der Waals surface area contributed by atoms with Gasteiger partial charge < -0.3 is 29.2 Å². The van der Waals surface area contributed by atoms with Crippen molar-refractivity contribution in [1.29, 1.82) is 0 Å². The van der Waals surface area contributed by atoms with E-state index in [0.29, 0.717) is 42.9 Å². The number of nitrogens with zero attached hydrogens (tertiary/aromatic N) is 2. The number of nitrogens with one attached hydrogen (secondary N) is 1. The molecule has 1 N–H and O–H groups in total. The SMILES string of the molecule is CCN1CCCC1CNC(=O)C1C2C=CC3(CN(Cc4cc(OC)c(OC)c(OC)c4)C(=O)C13)O2. The average Bonchev–Trinajstić information content (AvgIpc) is 3.63. The van der Waals surface area contributed by atoms with Gasteiger partial charge in [-0.2, -0.15) is 0 Å². The molecule has 0 saturated carbocycles. The normalized spacial score (nSPS) is 31.2. The van der Waals surface area contributed by atoms with Crippen LogP contribution in [0.3, 0.4) is 0 Å². The highest BCUT2D eigenvalue weighted by atomic mass is 16.5. The monoisotopic (exact) mass is 485 g/mol. The van der Waals surface area contributed by atoms with Gasteiger partial charge in [0.15, 0.2) is 11.5 Å². The third-order valence-electron chi connectivity index (χ3n) is 8.00. The maximum absolute atomic E-state index is 13.6. The van der Waals surface area contributed by atoms with Crippen molar-refractivity contribution >= 4 is 11.8 Å². The number of rotatable bonds is 9. The molecule has 3 saturated heterocycles. The van der Waals surface area contributed by atoms with Crippen LogP contribution < -0.4 is 19.5 Å². The van der Waals surface area contributed by atoms with Gasteiger partial charge in [-0.25, -0.2) is 0 Å². The summed E-state index contributed by atoms with van der Waals surface area (Å²) in [6.45, 7) is 5.60. The van der Waals surface area contributed by atoms with Crippen molar-refractivity contribution in [2.24, 2.45) is 11.8 Å². The lowest BCUT2D eigenvalue weighted by Crippen LogP contribution is -2.47. The molecule has 0 aliphatic carbocycles. The molecule has 3 fully saturated rings. The van der Waals surface area contributed by atoms with Crippen molar-refractivity contribution in [3.05, 3.63) is 29.8 Å². The number of methoxy groups -OCH3 is 3. The molecule has 1 spiro atoms. The number of hydrogen-bond donors (Lipinski definition) is 1. The number of ether oxygens (including phenoxy) is 4. The third kappa shape index (κ3) is 3.94. The molecule has 1 aromatic carbocycles. The van der Waals surface area contributed by atoms with Gasteiger partial charge in [0.2, 0.25) is 17.6 Å². The Morgan fingerprint density at radius 1 is 1.20 bits per heavy atom. The molecule has 4 aliphatic rings. The highest BCUT2D eigenvalue weighted by Crippen LogP contribution is 2.52. The van der Waals surface area contributed by atoms with E-state index in [-0.39, 0.29) is 17.9 Å². The van der Waals surface area contributed by atoms with Crippen LogP contribution in [0, 0.1) is 11.8 Å². The maximum atomic E-state index is 13.6. The fourth-order valence-electron chi connectivity index (χ4n) is 6.34. The quantitative estimate of drug-likeness (QED) is 0.532. The fraction of sp³-hybridized carbons (Fsp3) is 0.615. The minimum Gasteiger partial charge on any atom is -0.493 e. The summed E-state index contributed by atoms with van der Waals surface area (Å²) in [7, 11) is 4.69. The number of carbonyl (C=O) groups excluding carboxylic acids is 2. The predicted molar refractivity (Wildman–Crippen MR) is 129 cm³/mol. The standard InChI is InChI=1S/C26H35N3O6/c1-5-28-10-6-7-17(28)13-27-24(30)21-18-8-9-26(35-18)15-29(25(31)22(21)26)14-16-11-19(32-2)23(34-4)20(12-16)33-3/h8-9,11-12,17-18,21-22H,5-7,10,13-15H2,1-4H3,(H,27,30). The van der Waals surface area contributed by atoms with Crippen LogP contribution in [0.5, 0.6) is 17.2 Å². The molecule has 4 aliphatic heterocycles. The van der Waals surface area contributed by atoms with Crippen LogP contribution in [0.15, 0.2) is 24.3 Å². The Bertz CT molecular complexity index is 1000. The van der Waals surface area contributed by atoms with Gasteiger partial charge in [-0.05, 0) is 43.6 Å². The van der Waals surface area contributed by atoms with Crippen molar-refractivity contribution < 1.29 is 28.5 Å². The number of carbonyl (C=O) groups is 2. The molecule has 35 heavy (non-hydrogen) atoms. The molecule has 1 aromatic rings. The summed E-state index contributed by atoms with van der Waals surface area (Å²) in [5.74, 6) is 0.425. The molecular formula is C26H35N3O6. The maximum Gasteiger partial charge on any atom is 0.230 e. The second-order valence-corrected chi connectivity index (χ2v) is 9.80. The van der Waals surface area contributed by atoms with E-state index in [4.69, 9.17) is 18.9 Å². The molecule has 4 heterocycles. The van der Waals surface area contributed by atoms with Crippen molar-refractivity contribution in [2.75, 3.05) is 47.5 Å². The summed E-state index contributed by atoms with van der Waals surface area (Å²) < 4.78 is 22.6. The van der Waals surface area contributed by atoms with Crippen LogP contribution in [-0.4, -0.2) is 86.9 Å². The first-order valence-electron chi connectivity index (χ1n) is 12.4. The molecule has 0 aromatic heterocycles. The Labute approximate surface area is 206 Å². The van der Waals surface area contributed by atoms with E-state index >= 15 is 0 Å². The van der Waals surface area contributed by atoms with E-state index in [1.54, 1.807) is 26.2 Å². The van der Waals surface area contributed by atoms with Crippen molar-refractivity contribution in [1.82, 2.24) is 15.1 Å². The molecule has 9 nitrogen and oxygen atoms in total. The van der Waals surface area contributed by atoms with Crippen molar-refractivity contribution in [2.45, 2.75) is 44.1 Å². The second kappa shape index (κ2) is 9.35. The second-order valence-electron chi connectivity index (χ2n) is 9.80. The molecule has 0 radical (unpaired) electrons. The minimum absolute atomic E-state index is 0.0539. The molecule has 190 valence electrons. The van der Waals surface area contributed by atoms with E-state index < -0.39 is 17.4 Å². The van der Waals surface area contributed by atoms with Crippen LogP contribution in [0.2, 0.25) is 0 Å². The van der Waals surface area contributed by atoms with Gasteiger partial charge in [-0.1, -0.05) is 19.1 Å². The molecule has 5 atom stereocenters. The number of hydrogen-bond acceptors (Lipinski definition) is 7. The first-order valence-corrected chi connectivity index (χ1v) is 12.4. The Kier molecular flexibility index (Phi) is 6.40. The molecule has 2 bridgehead atoms. The van der Waals surface area contributed by atoms with Crippen LogP contribution >= 0.6 is 0 Å². The van der Waals surface area contributed by atoms with Crippen molar-refractivity contribution in [3.63, 3.8) is 0 Å². The first-order chi connectivity index (χ1) is 16.9. The van der Waals surface area contributed by atoms with Crippen molar-refractivity contribution in [3.8, 4) is 17.2 Å². The average molecular weight is 486 g/mol. The smallest absolute Gasteiger partial charge is 0.230 e. The lowest BCUT2D eigenvalue weighted by molar-refractivity contribution is -0.137. The van der Waals surface area contributed by atoms with Gasteiger partial charge in [0.05, 0.1) is 45.8 Å². The minimum atomic E-state index is -0.743. The number of amides is 2. The van der Waals surface area contributed by atoms with E-state index in [0.717, 1.165) is 31.5 Å². The zero-order valence-corrected chi connectivity index (χ0v) is 20.9. The van der Waals surface area contributed by atoms with E-state index in [2.05, 4.69) is 17.1 Å². The molecule has 2 amide bonds. The number of benzene rings is 1. The Hall–Kier alpha value is -2.78. The van der Waals surface area contributed by atoms with E-state index in [9.17, 15) is 9.59 Å². The predicted octanol–water partition coefficient (Wildman–Crippen LogP) is 1.59. The van der Waals surface area contributed by atoms with Gasteiger partial charge in [0, 0.05) is 19.1 Å². The zero-order valence-electron chi connectivity index (χ0n) is 20.9. The van der Waals surface area contributed by atoms with Gasteiger partial charge in [0.1, 0.15) is 5.60 Å². The van der Waals surface area contributed by atoms with Crippen LogP contribution in [0.25, 0.3) is 0 Å². The highest BCUT2D eigenvalue weighted by molar-refractivity contribution is 5.93. The summed E-state index contributed by atoms with van der Waals surface area (Å²) in [6.07, 6.45) is 5.83. The summed E-state index contributed by atoms with van der Waals surface area (Å²) in [6, 6.07) is 4.06. The highest BCUT2D eigenvalue weighted by Gasteiger charge is 2.66. The Morgan fingerprint density at radius 2 is 1.94 bits per heavy atom. The summed E-state index contributed by atoms with van der Waals surface area (Å²) in [5.41, 5.74) is 0.109. The third-order valence-corrected chi connectivity index (χ3v) is 8.00. The Morgan fingerprint density at radius 3 is 2.60 bits per heavy atom. The topological polar surface area (TPSA) is 89.6 Å². The lowest BCUT2D eigenvalue weighted by atomic mass is 9.77. The number of likely N-dealkylation sites (N-methyl/N-ethyl adjacent to an activating group) is 1. The van der Waals surface area contributed by atoms with Crippen LogP contribution in [0.4, 0.5) is 0 Å². The summed E-state index contributed by atoms with van der Waals surface area (Å²) in [4.78, 5) is 31.1. The van der Waals surface area contributed by atoms with E-state index in [1.165, 1.54) is 0 Å². The summed E-state index contributed by atoms with van der Waals surface area (Å²) in [5, 5.41) is 3.14. The van der Waals surface area contributed by atoms with Gasteiger partial charge >= 0.3 is 0 Å². The first kappa shape index (κ1) is 23.9. The largest absolute Gasteiger partial charge is 0.493 e. The number of fused-ring (bicyclic) bond motifs is 1. The molecule has 5 unspecified atom stereocenters. The van der Waals surface area contributed by atoms with Crippen LogP contribution in [0.1, 0.15) is 25.3 Å². The van der Waals surface area contributed by atoms with E-state index in [1.807, 2.05) is 24.3 Å². The summed E-state index contributed by atoms with van der Waals surface area (Å²) >= 11 is 0. The molecular weight excluding hydrogens is 450 g/mol. The Balaban J connectivity index is 1.31. The lowest BCUT2D eigenvalue weighted by Gasteiger charge is -2.26. The van der Waals surface area contributed by atoms with Gasteiger partial charge in [-0.15, -0.1) is 0 Å². The fourth-order valence-corrected chi connectivity index (χ4v) is 6.34.